The smallest absolute Gasteiger partial charge is 0.257 e. The van der Waals surface area contributed by atoms with Crippen molar-refractivity contribution in [3.63, 3.8) is 0 Å². The molecule has 3 heterocycles. The van der Waals surface area contributed by atoms with Gasteiger partial charge in [-0.1, -0.05) is 26.0 Å². The lowest BCUT2D eigenvalue weighted by molar-refractivity contribution is -0.133. The average molecular weight is 455 g/mol. The summed E-state index contributed by atoms with van der Waals surface area (Å²) in [6.45, 7) is 7.83. The van der Waals surface area contributed by atoms with Crippen LogP contribution in [0.4, 0.5) is 5.69 Å². The maximum Gasteiger partial charge on any atom is 0.257 e. The Morgan fingerprint density at radius 2 is 1.97 bits per heavy atom. The average Bonchev–Trinajstić information content (AvgIpc) is 3.12. The summed E-state index contributed by atoms with van der Waals surface area (Å²) in [4.78, 5) is 56.3. The van der Waals surface area contributed by atoms with Gasteiger partial charge in [0.1, 0.15) is 5.66 Å². The summed E-state index contributed by atoms with van der Waals surface area (Å²) >= 11 is 0. The van der Waals surface area contributed by atoms with Gasteiger partial charge in [0.2, 0.25) is 17.7 Å². The quantitative estimate of drug-likeness (QED) is 0.715. The minimum absolute atomic E-state index is 0.0103. The summed E-state index contributed by atoms with van der Waals surface area (Å²) < 4.78 is 0. The first-order valence-electron chi connectivity index (χ1n) is 12.0. The molecule has 1 N–H and O–H groups in total. The van der Waals surface area contributed by atoms with Gasteiger partial charge in [0.15, 0.2) is 0 Å². The Balaban J connectivity index is 1.41. The number of carbonyl (C=O) groups excluding carboxylic acids is 4. The van der Waals surface area contributed by atoms with Gasteiger partial charge >= 0.3 is 0 Å². The topological polar surface area (TPSA) is 90.0 Å². The van der Waals surface area contributed by atoms with Gasteiger partial charge in [-0.05, 0) is 44.2 Å². The molecule has 178 valence electrons. The van der Waals surface area contributed by atoms with Gasteiger partial charge in [0.25, 0.3) is 5.91 Å². The molecule has 8 heteroatoms. The van der Waals surface area contributed by atoms with E-state index in [1.54, 1.807) is 21.9 Å². The molecule has 1 aromatic carbocycles. The molecule has 0 aliphatic carbocycles. The van der Waals surface area contributed by atoms with E-state index in [9.17, 15) is 19.2 Å². The van der Waals surface area contributed by atoms with E-state index < -0.39 is 5.66 Å². The zero-order valence-electron chi connectivity index (χ0n) is 19.8. The van der Waals surface area contributed by atoms with Crippen molar-refractivity contribution < 1.29 is 19.2 Å². The number of para-hydroxylation sites is 1. The van der Waals surface area contributed by atoms with Crippen LogP contribution in [0.25, 0.3) is 0 Å². The van der Waals surface area contributed by atoms with E-state index in [4.69, 9.17) is 0 Å². The van der Waals surface area contributed by atoms with E-state index in [0.717, 1.165) is 12.8 Å². The number of likely N-dealkylation sites (tertiary alicyclic amines) is 1. The Bertz CT molecular complexity index is 961. The van der Waals surface area contributed by atoms with Crippen molar-refractivity contribution in [3.05, 3.63) is 29.8 Å². The van der Waals surface area contributed by atoms with Crippen molar-refractivity contribution in [2.24, 2.45) is 11.8 Å². The predicted molar refractivity (Wildman–Crippen MR) is 124 cm³/mol. The van der Waals surface area contributed by atoms with E-state index in [2.05, 4.69) is 5.32 Å². The molecule has 8 nitrogen and oxygen atoms in total. The molecular weight excluding hydrogens is 420 g/mol. The van der Waals surface area contributed by atoms with Crippen LogP contribution in [0.2, 0.25) is 0 Å². The van der Waals surface area contributed by atoms with E-state index in [1.807, 2.05) is 37.8 Å². The molecule has 4 amide bonds. The van der Waals surface area contributed by atoms with Gasteiger partial charge in [0, 0.05) is 44.9 Å². The van der Waals surface area contributed by atoms with Crippen LogP contribution >= 0.6 is 0 Å². The Morgan fingerprint density at radius 1 is 1.21 bits per heavy atom. The van der Waals surface area contributed by atoms with Crippen molar-refractivity contribution in [3.8, 4) is 0 Å². The molecule has 1 aromatic rings. The number of hydrogen-bond acceptors (Lipinski definition) is 4. The van der Waals surface area contributed by atoms with E-state index >= 15 is 0 Å². The summed E-state index contributed by atoms with van der Waals surface area (Å²) in [5.41, 5.74) is 0.433. The van der Waals surface area contributed by atoms with Gasteiger partial charge < -0.3 is 15.1 Å². The molecule has 2 atom stereocenters. The molecule has 0 spiro atoms. The molecule has 3 aliphatic rings. The molecule has 2 fully saturated rings. The fourth-order valence-electron chi connectivity index (χ4n) is 5.31. The van der Waals surface area contributed by atoms with Crippen LogP contribution in [-0.2, 0) is 14.4 Å². The molecule has 0 aromatic heterocycles. The van der Waals surface area contributed by atoms with Crippen LogP contribution in [0.5, 0.6) is 0 Å². The number of fused-ring (bicyclic) bond motifs is 3. The molecule has 2 saturated heterocycles. The van der Waals surface area contributed by atoms with Crippen LogP contribution in [0, 0.1) is 11.8 Å². The highest BCUT2D eigenvalue weighted by Gasteiger charge is 2.52. The van der Waals surface area contributed by atoms with Crippen LogP contribution in [0.15, 0.2) is 24.3 Å². The Kier molecular flexibility index (Phi) is 6.45. The maximum absolute atomic E-state index is 13.3. The molecule has 2 unspecified atom stereocenters. The number of nitrogens with one attached hydrogen (secondary N) is 1. The fourth-order valence-corrected chi connectivity index (χ4v) is 5.31. The van der Waals surface area contributed by atoms with Crippen LogP contribution in [0.1, 0.15) is 63.2 Å². The standard InChI is InChI=1S/C25H34N4O4/c1-17(2)23(32)26-15-18-7-6-13-27(16-18)21(30)11-14-28-24(33)19-8-4-5-9-20(19)29-22(31)10-12-25(28,29)3/h4-5,8-9,17-18H,6-7,10-16H2,1-3H3,(H,26,32). The minimum Gasteiger partial charge on any atom is -0.356 e. The molecule has 0 bridgehead atoms. The van der Waals surface area contributed by atoms with Gasteiger partial charge in [-0.15, -0.1) is 0 Å². The molecule has 0 radical (unpaired) electrons. The van der Waals surface area contributed by atoms with Crippen LogP contribution < -0.4 is 10.2 Å². The highest BCUT2D eigenvalue weighted by Crippen LogP contribution is 2.44. The molecule has 0 saturated carbocycles. The number of piperidine rings is 1. The Hall–Kier alpha value is -2.90. The van der Waals surface area contributed by atoms with Crippen molar-refractivity contribution in [2.75, 3.05) is 31.1 Å². The first-order valence-corrected chi connectivity index (χ1v) is 12.0. The van der Waals surface area contributed by atoms with Crippen molar-refractivity contribution >= 4 is 29.3 Å². The monoisotopic (exact) mass is 454 g/mol. The number of nitrogens with zero attached hydrogens (tertiary/aromatic N) is 3. The van der Waals surface area contributed by atoms with Crippen LogP contribution in [0.3, 0.4) is 0 Å². The molecule has 3 aliphatic heterocycles. The Morgan fingerprint density at radius 3 is 2.73 bits per heavy atom. The third-order valence-corrected chi connectivity index (χ3v) is 7.26. The fraction of sp³-hybridized carbons (Fsp3) is 0.600. The SMILES string of the molecule is CC(C)C(=O)NCC1CCCN(C(=O)CCN2C(=O)c3ccccc3N3C(=O)CCC23C)C1. The predicted octanol–water partition coefficient (Wildman–Crippen LogP) is 2.39. The van der Waals surface area contributed by atoms with E-state index in [1.165, 1.54) is 0 Å². The number of anilines is 1. The lowest BCUT2D eigenvalue weighted by Crippen LogP contribution is -2.62. The third kappa shape index (κ3) is 4.35. The second-order valence-electron chi connectivity index (χ2n) is 9.92. The number of benzene rings is 1. The number of amides is 4. The molecule has 4 rings (SSSR count). The minimum atomic E-state index is -0.742. The summed E-state index contributed by atoms with van der Waals surface area (Å²) in [6.07, 6.45) is 3.05. The second-order valence-corrected chi connectivity index (χ2v) is 9.92. The largest absolute Gasteiger partial charge is 0.356 e. The molecule has 33 heavy (non-hydrogen) atoms. The lowest BCUT2D eigenvalue weighted by atomic mass is 9.96. The van der Waals surface area contributed by atoms with Crippen molar-refractivity contribution in [1.29, 1.82) is 0 Å². The van der Waals surface area contributed by atoms with Gasteiger partial charge in [-0.25, -0.2) is 0 Å². The normalized spacial score (nSPS) is 24.7. The van der Waals surface area contributed by atoms with Crippen molar-refractivity contribution in [2.45, 2.75) is 58.5 Å². The van der Waals surface area contributed by atoms with Crippen LogP contribution in [-0.4, -0.2) is 65.3 Å². The second kappa shape index (κ2) is 9.15. The summed E-state index contributed by atoms with van der Waals surface area (Å²) in [5.74, 6) is 0.124. The van der Waals surface area contributed by atoms with E-state index in [0.29, 0.717) is 43.7 Å². The summed E-state index contributed by atoms with van der Waals surface area (Å²) in [7, 11) is 0. The highest BCUT2D eigenvalue weighted by atomic mass is 16.2. The van der Waals surface area contributed by atoms with Crippen molar-refractivity contribution in [1.82, 2.24) is 15.1 Å². The third-order valence-electron chi connectivity index (χ3n) is 7.26. The first kappa shape index (κ1) is 23.3. The summed E-state index contributed by atoms with van der Waals surface area (Å²) in [5, 5.41) is 2.98. The Labute approximate surface area is 195 Å². The maximum atomic E-state index is 13.3. The lowest BCUT2D eigenvalue weighted by Gasteiger charge is -2.48. The molecular formula is C25H34N4O4. The first-order chi connectivity index (χ1) is 15.7. The zero-order valence-corrected chi connectivity index (χ0v) is 19.8. The number of carbonyl (C=O) groups is 4. The highest BCUT2D eigenvalue weighted by molar-refractivity contribution is 6.10. The van der Waals surface area contributed by atoms with Gasteiger partial charge in [-0.3, -0.25) is 24.1 Å². The van der Waals surface area contributed by atoms with E-state index in [-0.39, 0.29) is 48.4 Å². The summed E-state index contributed by atoms with van der Waals surface area (Å²) in [6, 6.07) is 7.21. The zero-order chi connectivity index (χ0) is 23.8. The van der Waals surface area contributed by atoms with Gasteiger partial charge in [-0.2, -0.15) is 0 Å². The number of rotatable bonds is 6. The number of hydrogen-bond donors (Lipinski definition) is 1. The van der Waals surface area contributed by atoms with Gasteiger partial charge in [0.05, 0.1) is 11.3 Å².